The zero-order valence-electron chi connectivity index (χ0n) is 14.0. The molecule has 0 N–H and O–H groups in total. The van der Waals surface area contributed by atoms with Crippen molar-refractivity contribution in [3.8, 4) is 0 Å². The third kappa shape index (κ3) is 5.33. The molecular formula is C17H23NO5. The molecule has 0 aliphatic carbocycles. The van der Waals surface area contributed by atoms with Crippen LogP contribution >= 0.6 is 0 Å². The van der Waals surface area contributed by atoms with Crippen LogP contribution < -0.4 is 0 Å². The van der Waals surface area contributed by atoms with Gasteiger partial charge in [-0.3, -0.25) is 0 Å². The molecule has 1 amide bonds. The Hall–Kier alpha value is -1.92. The molecule has 126 valence electrons. The van der Waals surface area contributed by atoms with Gasteiger partial charge in [0.1, 0.15) is 12.2 Å². The minimum Gasteiger partial charge on any atom is -0.445 e. The second kappa shape index (κ2) is 7.57. The summed E-state index contributed by atoms with van der Waals surface area (Å²) < 4.78 is 21.5. The normalized spacial score (nSPS) is 19.7. The SMILES string of the molecule is COCCc1ccccc1C1OCC(=NC(=O)OC(C)(C)C)O1. The molecule has 0 aromatic heterocycles. The number of aliphatic imine (C=N–C) groups is 1. The summed E-state index contributed by atoms with van der Waals surface area (Å²) in [6, 6.07) is 7.82. The zero-order chi connectivity index (χ0) is 16.9. The lowest BCUT2D eigenvalue weighted by Gasteiger charge is -2.17. The second-order valence-electron chi connectivity index (χ2n) is 6.19. The van der Waals surface area contributed by atoms with Gasteiger partial charge in [-0.25, -0.2) is 4.79 Å². The second-order valence-corrected chi connectivity index (χ2v) is 6.19. The molecule has 0 saturated carbocycles. The van der Waals surface area contributed by atoms with Gasteiger partial charge >= 0.3 is 6.09 Å². The van der Waals surface area contributed by atoms with E-state index in [1.165, 1.54) is 0 Å². The van der Waals surface area contributed by atoms with E-state index in [4.69, 9.17) is 18.9 Å². The van der Waals surface area contributed by atoms with Crippen LogP contribution in [0.15, 0.2) is 29.3 Å². The highest BCUT2D eigenvalue weighted by Gasteiger charge is 2.27. The number of nitrogens with zero attached hydrogens (tertiary/aromatic N) is 1. The summed E-state index contributed by atoms with van der Waals surface area (Å²) in [5, 5.41) is 0. The molecule has 1 aromatic rings. The van der Waals surface area contributed by atoms with Crippen molar-refractivity contribution < 1.29 is 23.7 Å². The summed E-state index contributed by atoms with van der Waals surface area (Å²) in [5.41, 5.74) is 1.41. The van der Waals surface area contributed by atoms with E-state index in [9.17, 15) is 4.79 Å². The van der Waals surface area contributed by atoms with Gasteiger partial charge in [0.15, 0.2) is 0 Å². The topological polar surface area (TPSA) is 66.4 Å². The van der Waals surface area contributed by atoms with Crippen LogP contribution in [0.3, 0.4) is 0 Å². The molecule has 2 rings (SSSR count). The molecule has 1 aromatic carbocycles. The largest absolute Gasteiger partial charge is 0.445 e. The van der Waals surface area contributed by atoms with Crippen LogP contribution in [0.25, 0.3) is 0 Å². The number of hydrogen-bond donors (Lipinski definition) is 0. The Morgan fingerprint density at radius 1 is 1.35 bits per heavy atom. The van der Waals surface area contributed by atoms with Crippen LogP contribution in [-0.4, -0.2) is 37.9 Å². The molecule has 6 heteroatoms. The predicted octanol–water partition coefficient (Wildman–Crippen LogP) is 3.25. The van der Waals surface area contributed by atoms with Gasteiger partial charge in [0.25, 0.3) is 0 Å². The first-order valence-corrected chi connectivity index (χ1v) is 7.54. The monoisotopic (exact) mass is 321 g/mol. The van der Waals surface area contributed by atoms with Crippen molar-refractivity contribution in [2.75, 3.05) is 20.3 Å². The van der Waals surface area contributed by atoms with Gasteiger partial charge in [-0.05, 0) is 32.8 Å². The van der Waals surface area contributed by atoms with Gasteiger partial charge < -0.3 is 18.9 Å². The van der Waals surface area contributed by atoms with Gasteiger partial charge in [-0.15, -0.1) is 4.99 Å². The van der Waals surface area contributed by atoms with Crippen LogP contribution in [0.2, 0.25) is 0 Å². The van der Waals surface area contributed by atoms with Gasteiger partial charge in [0, 0.05) is 12.7 Å². The first-order chi connectivity index (χ1) is 10.9. The molecule has 0 spiro atoms. The van der Waals surface area contributed by atoms with Crippen molar-refractivity contribution in [1.82, 2.24) is 0 Å². The summed E-state index contributed by atoms with van der Waals surface area (Å²) in [4.78, 5) is 15.5. The third-order valence-corrected chi connectivity index (χ3v) is 3.10. The summed E-state index contributed by atoms with van der Waals surface area (Å²) in [5.74, 6) is 0.228. The summed E-state index contributed by atoms with van der Waals surface area (Å²) in [6.07, 6.45) is -0.484. The lowest BCUT2D eigenvalue weighted by molar-refractivity contribution is -0.0253. The van der Waals surface area contributed by atoms with E-state index >= 15 is 0 Å². The minimum absolute atomic E-state index is 0.141. The van der Waals surface area contributed by atoms with Crippen LogP contribution in [0.4, 0.5) is 4.79 Å². The fourth-order valence-corrected chi connectivity index (χ4v) is 2.14. The maximum atomic E-state index is 11.7. The zero-order valence-corrected chi connectivity index (χ0v) is 14.0. The number of rotatable bonds is 4. The fourth-order valence-electron chi connectivity index (χ4n) is 2.14. The number of hydrogen-bond acceptors (Lipinski definition) is 5. The molecule has 1 atom stereocenters. The first-order valence-electron chi connectivity index (χ1n) is 7.54. The molecule has 1 saturated heterocycles. The van der Waals surface area contributed by atoms with Crippen LogP contribution in [0.1, 0.15) is 38.2 Å². The fraction of sp³-hybridized carbons (Fsp3) is 0.529. The Balaban J connectivity index is 2.04. The lowest BCUT2D eigenvalue weighted by Crippen LogP contribution is -2.22. The highest BCUT2D eigenvalue weighted by atomic mass is 16.7. The first kappa shape index (κ1) is 17.4. The van der Waals surface area contributed by atoms with Gasteiger partial charge in [-0.2, -0.15) is 0 Å². The number of benzene rings is 1. The average Bonchev–Trinajstić information content (AvgIpc) is 2.91. The van der Waals surface area contributed by atoms with Crippen LogP contribution in [0.5, 0.6) is 0 Å². The van der Waals surface area contributed by atoms with E-state index in [0.717, 1.165) is 17.5 Å². The Labute approximate surface area is 136 Å². The van der Waals surface area contributed by atoms with E-state index in [-0.39, 0.29) is 12.5 Å². The van der Waals surface area contributed by atoms with E-state index in [1.54, 1.807) is 27.9 Å². The molecular weight excluding hydrogens is 298 g/mol. The molecule has 1 aliphatic heterocycles. The Morgan fingerprint density at radius 3 is 2.78 bits per heavy atom. The number of amides is 1. The molecule has 1 heterocycles. The van der Waals surface area contributed by atoms with E-state index in [2.05, 4.69) is 4.99 Å². The lowest BCUT2D eigenvalue weighted by atomic mass is 10.0. The van der Waals surface area contributed by atoms with Crippen LogP contribution in [-0.2, 0) is 25.4 Å². The Morgan fingerprint density at radius 2 is 2.09 bits per heavy atom. The highest BCUT2D eigenvalue weighted by Crippen LogP contribution is 2.28. The summed E-state index contributed by atoms with van der Waals surface area (Å²) >= 11 is 0. The van der Waals surface area contributed by atoms with Gasteiger partial charge in [0.05, 0.1) is 6.61 Å². The number of ether oxygens (including phenoxy) is 4. The highest BCUT2D eigenvalue weighted by molar-refractivity contribution is 5.89. The maximum Gasteiger partial charge on any atom is 0.437 e. The predicted molar refractivity (Wildman–Crippen MR) is 85.5 cm³/mol. The van der Waals surface area contributed by atoms with E-state index in [1.807, 2.05) is 24.3 Å². The Kier molecular flexibility index (Phi) is 5.74. The molecule has 1 unspecified atom stereocenters. The van der Waals surface area contributed by atoms with Crippen molar-refractivity contribution in [2.24, 2.45) is 4.99 Å². The summed E-state index contributed by atoms with van der Waals surface area (Å²) in [6.45, 7) is 6.11. The molecule has 6 nitrogen and oxygen atoms in total. The Bertz CT molecular complexity index is 577. The molecule has 23 heavy (non-hydrogen) atoms. The summed E-state index contributed by atoms with van der Waals surface area (Å²) in [7, 11) is 1.66. The molecule has 0 radical (unpaired) electrons. The quantitative estimate of drug-likeness (QED) is 0.851. The van der Waals surface area contributed by atoms with Crippen molar-refractivity contribution in [1.29, 1.82) is 0 Å². The van der Waals surface area contributed by atoms with Crippen LogP contribution in [0, 0.1) is 0 Å². The van der Waals surface area contributed by atoms with Gasteiger partial charge in [0.2, 0.25) is 12.2 Å². The number of carbonyl (C=O) groups is 1. The third-order valence-electron chi connectivity index (χ3n) is 3.10. The van der Waals surface area contributed by atoms with Crippen molar-refractivity contribution >= 4 is 12.0 Å². The van der Waals surface area contributed by atoms with Crippen molar-refractivity contribution in [3.05, 3.63) is 35.4 Å². The minimum atomic E-state index is -0.676. The maximum absolute atomic E-state index is 11.7. The van der Waals surface area contributed by atoms with Crippen molar-refractivity contribution in [3.63, 3.8) is 0 Å². The van der Waals surface area contributed by atoms with E-state index in [0.29, 0.717) is 6.61 Å². The smallest absolute Gasteiger partial charge is 0.437 e. The molecule has 1 fully saturated rings. The molecule has 0 bridgehead atoms. The van der Waals surface area contributed by atoms with Gasteiger partial charge in [-0.1, -0.05) is 24.3 Å². The van der Waals surface area contributed by atoms with Crippen molar-refractivity contribution in [2.45, 2.75) is 39.1 Å². The van der Waals surface area contributed by atoms with E-state index < -0.39 is 18.0 Å². The standard InChI is InChI=1S/C17H23NO5/c1-17(2,3)23-16(19)18-14-11-21-15(22-14)13-8-6-5-7-12(13)9-10-20-4/h5-8,15H,9-11H2,1-4H3. The average molecular weight is 321 g/mol. The molecule has 1 aliphatic rings. The number of carbonyl (C=O) groups excluding carboxylic acids is 1. The number of methoxy groups -OCH3 is 1.